The quantitative estimate of drug-likeness (QED) is 0.641. The summed E-state index contributed by atoms with van der Waals surface area (Å²) >= 11 is 0. The minimum Gasteiger partial charge on any atom is -0.496 e. The van der Waals surface area contributed by atoms with Crippen molar-refractivity contribution >= 4 is 16.7 Å². The molecule has 5 nitrogen and oxygen atoms in total. The molecule has 0 bridgehead atoms. The fraction of sp³-hybridized carbons (Fsp3) is 0.318. The van der Waals surface area contributed by atoms with E-state index < -0.39 is 0 Å². The van der Waals surface area contributed by atoms with Gasteiger partial charge in [-0.15, -0.1) is 0 Å². The van der Waals surface area contributed by atoms with Gasteiger partial charge in [0.15, 0.2) is 11.0 Å². The number of fused-ring (bicyclic) bond motifs is 1. The zero-order chi connectivity index (χ0) is 19.4. The number of anilines is 1. The van der Waals surface area contributed by atoms with Gasteiger partial charge in [0, 0.05) is 24.2 Å². The molecular weight excluding hydrogens is 342 g/mol. The van der Waals surface area contributed by atoms with Crippen LogP contribution in [0.15, 0.2) is 51.7 Å². The lowest BCUT2D eigenvalue weighted by atomic mass is 10.1. The molecular formula is C22H25NO4. The molecule has 3 rings (SSSR count). The minimum absolute atomic E-state index is 0.151. The number of rotatable bonds is 7. The van der Waals surface area contributed by atoms with Gasteiger partial charge in [-0.05, 0) is 12.3 Å². The predicted octanol–water partition coefficient (Wildman–Crippen LogP) is 4.94. The van der Waals surface area contributed by atoms with Crippen LogP contribution in [0.5, 0.6) is 11.5 Å². The largest absolute Gasteiger partial charge is 0.496 e. The maximum absolute atomic E-state index is 12.9. The lowest BCUT2D eigenvalue weighted by molar-refractivity contribution is 0.397. The molecule has 27 heavy (non-hydrogen) atoms. The van der Waals surface area contributed by atoms with E-state index in [4.69, 9.17) is 13.9 Å². The molecule has 0 unspecified atom stereocenters. The van der Waals surface area contributed by atoms with Crippen molar-refractivity contribution in [2.45, 2.75) is 20.3 Å². The number of hydrogen-bond donors (Lipinski definition) is 1. The third-order valence-electron chi connectivity index (χ3n) is 4.45. The third-order valence-corrected chi connectivity index (χ3v) is 4.45. The summed E-state index contributed by atoms with van der Waals surface area (Å²) in [5.74, 6) is 2.08. The van der Waals surface area contributed by atoms with Crippen molar-refractivity contribution in [1.82, 2.24) is 0 Å². The van der Waals surface area contributed by atoms with Crippen molar-refractivity contribution < 1.29 is 13.9 Å². The molecule has 1 N–H and O–H groups in total. The van der Waals surface area contributed by atoms with E-state index in [0.29, 0.717) is 39.8 Å². The molecule has 0 aliphatic rings. The number of benzene rings is 2. The van der Waals surface area contributed by atoms with Crippen molar-refractivity contribution in [2.75, 3.05) is 26.1 Å². The Labute approximate surface area is 158 Å². The summed E-state index contributed by atoms with van der Waals surface area (Å²) in [4.78, 5) is 12.9. The smallest absolute Gasteiger partial charge is 0.197 e. The molecule has 2 aromatic carbocycles. The van der Waals surface area contributed by atoms with Crippen LogP contribution in [0, 0.1) is 5.92 Å². The van der Waals surface area contributed by atoms with E-state index in [1.165, 1.54) is 13.2 Å². The van der Waals surface area contributed by atoms with Crippen molar-refractivity contribution in [3.63, 3.8) is 0 Å². The van der Waals surface area contributed by atoms with Crippen LogP contribution in [-0.4, -0.2) is 20.8 Å². The van der Waals surface area contributed by atoms with Crippen LogP contribution >= 0.6 is 0 Å². The first-order valence-corrected chi connectivity index (χ1v) is 9.07. The first-order valence-electron chi connectivity index (χ1n) is 9.07. The van der Waals surface area contributed by atoms with Gasteiger partial charge in [-0.3, -0.25) is 4.79 Å². The zero-order valence-electron chi connectivity index (χ0n) is 16.2. The molecule has 142 valence electrons. The Hall–Kier alpha value is -2.95. The Kier molecular flexibility index (Phi) is 5.69. The Morgan fingerprint density at radius 3 is 2.37 bits per heavy atom. The summed E-state index contributed by atoms with van der Waals surface area (Å²) < 4.78 is 17.1. The van der Waals surface area contributed by atoms with Crippen LogP contribution in [0.4, 0.5) is 5.69 Å². The molecule has 0 fully saturated rings. The molecule has 5 heteroatoms. The highest BCUT2D eigenvalue weighted by Gasteiger charge is 2.19. The van der Waals surface area contributed by atoms with E-state index in [0.717, 1.165) is 18.5 Å². The highest BCUT2D eigenvalue weighted by atomic mass is 16.5. The molecule has 0 radical (unpaired) electrons. The summed E-state index contributed by atoms with van der Waals surface area (Å²) in [7, 11) is 3.12. The third kappa shape index (κ3) is 3.92. The van der Waals surface area contributed by atoms with Gasteiger partial charge in [0.25, 0.3) is 0 Å². The van der Waals surface area contributed by atoms with Gasteiger partial charge in [0.2, 0.25) is 0 Å². The van der Waals surface area contributed by atoms with Gasteiger partial charge in [0.05, 0.1) is 14.2 Å². The SMILES string of the molecule is COc1cc(OC)c2c(=O)cc(-c3ccccc3)oc2c1NCCC(C)C. The van der Waals surface area contributed by atoms with Gasteiger partial charge >= 0.3 is 0 Å². The molecule has 0 saturated carbocycles. The normalized spacial score (nSPS) is 11.0. The summed E-state index contributed by atoms with van der Waals surface area (Å²) in [5.41, 5.74) is 1.80. The molecule has 1 heterocycles. The van der Waals surface area contributed by atoms with Crippen LogP contribution < -0.4 is 20.2 Å². The van der Waals surface area contributed by atoms with Crippen molar-refractivity contribution in [1.29, 1.82) is 0 Å². The molecule has 0 aliphatic heterocycles. The molecule has 0 aliphatic carbocycles. The molecule has 0 spiro atoms. The number of nitrogens with one attached hydrogen (secondary N) is 1. The van der Waals surface area contributed by atoms with Crippen LogP contribution in [0.25, 0.3) is 22.3 Å². The second-order valence-corrected chi connectivity index (χ2v) is 6.81. The summed E-state index contributed by atoms with van der Waals surface area (Å²) in [6, 6.07) is 12.8. The lowest BCUT2D eigenvalue weighted by Crippen LogP contribution is -2.10. The zero-order valence-corrected chi connectivity index (χ0v) is 16.2. The standard InChI is InChI=1S/C22H25NO4/c1-14(2)10-11-23-21-19(26-4)13-18(25-3)20-16(24)12-17(27-22(20)21)15-8-6-5-7-9-15/h5-9,12-14,23H,10-11H2,1-4H3. The monoisotopic (exact) mass is 367 g/mol. The van der Waals surface area contributed by atoms with Crippen LogP contribution in [0.1, 0.15) is 20.3 Å². The Balaban J connectivity index is 2.23. The van der Waals surface area contributed by atoms with E-state index in [2.05, 4.69) is 19.2 Å². The lowest BCUT2D eigenvalue weighted by Gasteiger charge is -2.16. The van der Waals surface area contributed by atoms with E-state index >= 15 is 0 Å². The maximum Gasteiger partial charge on any atom is 0.197 e. The fourth-order valence-corrected chi connectivity index (χ4v) is 3.00. The average Bonchev–Trinajstić information content (AvgIpc) is 2.68. The van der Waals surface area contributed by atoms with Crippen LogP contribution in [0.3, 0.4) is 0 Å². The van der Waals surface area contributed by atoms with Gasteiger partial charge in [-0.1, -0.05) is 44.2 Å². The first-order chi connectivity index (χ1) is 13.0. The van der Waals surface area contributed by atoms with Gasteiger partial charge < -0.3 is 19.2 Å². The highest BCUT2D eigenvalue weighted by molar-refractivity contribution is 5.97. The molecule has 0 amide bonds. The number of methoxy groups -OCH3 is 2. The second-order valence-electron chi connectivity index (χ2n) is 6.81. The minimum atomic E-state index is -0.151. The number of ether oxygens (including phenoxy) is 2. The Bertz CT molecular complexity index is 977. The van der Waals surface area contributed by atoms with Gasteiger partial charge in [0.1, 0.15) is 28.3 Å². The van der Waals surface area contributed by atoms with E-state index in [-0.39, 0.29) is 5.43 Å². The average molecular weight is 367 g/mol. The number of hydrogen-bond acceptors (Lipinski definition) is 5. The van der Waals surface area contributed by atoms with Gasteiger partial charge in [-0.2, -0.15) is 0 Å². The highest BCUT2D eigenvalue weighted by Crippen LogP contribution is 2.39. The Morgan fingerprint density at radius 1 is 1.04 bits per heavy atom. The molecule has 0 atom stereocenters. The molecule has 3 aromatic rings. The fourth-order valence-electron chi connectivity index (χ4n) is 3.00. The van der Waals surface area contributed by atoms with Gasteiger partial charge in [-0.25, -0.2) is 0 Å². The Morgan fingerprint density at radius 2 is 1.74 bits per heavy atom. The maximum atomic E-state index is 12.9. The van der Waals surface area contributed by atoms with Crippen molar-refractivity contribution in [2.24, 2.45) is 5.92 Å². The van der Waals surface area contributed by atoms with Crippen molar-refractivity contribution in [3.05, 3.63) is 52.7 Å². The second kappa shape index (κ2) is 8.16. The van der Waals surface area contributed by atoms with Crippen LogP contribution in [0.2, 0.25) is 0 Å². The summed E-state index contributed by atoms with van der Waals surface area (Å²) in [6.45, 7) is 5.08. The van der Waals surface area contributed by atoms with E-state index in [1.807, 2.05) is 30.3 Å². The molecule has 0 saturated heterocycles. The van der Waals surface area contributed by atoms with E-state index in [1.54, 1.807) is 13.2 Å². The predicted molar refractivity (Wildman–Crippen MR) is 109 cm³/mol. The molecule has 1 aromatic heterocycles. The first kappa shape index (κ1) is 18.8. The summed E-state index contributed by atoms with van der Waals surface area (Å²) in [5, 5.41) is 3.79. The van der Waals surface area contributed by atoms with Crippen LogP contribution in [-0.2, 0) is 0 Å². The van der Waals surface area contributed by atoms with Crippen molar-refractivity contribution in [3.8, 4) is 22.8 Å². The topological polar surface area (TPSA) is 60.7 Å². The van der Waals surface area contributed by atoms with E-state index in [9.17, 15) is 4.79 Å². The summed E-state index contributed by atoms with van der Waals surface area (Å²) in [6.07, 6.45) is 0.985.